The van der Waals surface area contributed by atoms with Gasteiger partial charge in [0.15, 0.2) is 0 Å². The van der Waals surface area contributed by atoms with E-state index in [1.54, 1.807) is 14.2 Å². The van der Waals surface area contributed by atoms with Crippen molar-refractivity contribution < 1.29 is 14.3 Å². The fourth-order valence-corrected chi connectivity index (χ4v) is 2.89. The summed E-state index contributed by atoms with van der Waals surface area (Å²) >= 11 is 0. The first-order chi connectivity index (χ1) is 11.0. The first-order valence-corrected chi connectivity index (χ1v) is 7.99. The lowest BCUT2D eigenvalue weighted by atomic mass is 10.2. The van der Waals surface area contributed by atoms with Crippen LogP contribution in [0.25, 0.3) is 0 Å². The molecule has 2 atom stereocenters. The van der Waals surface area contributed by atoms with E-state index in [-0.39, 0.29) is 18.0 Å². The number of nitrogens with zero attached hydrogens (tertiary/aromatic N) is 1. The highest BCUT2D eigenvalue weighted by Crippen LogP contribution is 2.24. The van der Waals surface area contributed by atoms with Crippen molar-refractivity contribution in [3.8, 4) is 11.5 Å². The van der Waals surface area contributed by atoms with Crippen LogP contribution in [0.1, 0.15) is 25.3 Å². The summed E-state index contributed by atoms with van der Waals surface area (Å²) in [6.07, 6.45) is 1.34. The third-order valence-electron chi connectivity index (χ3n) is 3.96. The van der Waals surface area contributed by atoms with Crippen LogP contribution in [0.2, 0.25) is 0 Å². The number of ether oxygens (including phenoxy) is 2. The van der Waals surface area contributed by atoms with Crippen LogP contribution in [0.4, 0.5) is 0 Å². The van der Waals surface area contributed by atoms with E-state index in [1.165, 1.54) is 0 Å². The van der Waals surface area contributed by atoms with Gasteiger partial charge in [0.05, 0.1) is 14.2 Å². The number of nitrogens with two attached hydrogens (primary N) is 1. The monoisotopic (exact) mass is 321 g/mol. The zero-order chi connectivity index (χ0) is 16.8. The highest BCUT2D eigenvalue weighted by atomic mass is 16.5. The van der Waals surface area contributed by atoms with Crippen LogP contribution in [0, 0.1) is 0 Å². The van der Waals surface area contributed by atoms with Gasteiger partial charge in [-0.2, -0.15) is 0 Å². The van der Waals surface area contributed by atoms with Crippen molar-refractivity contribution in [2.75, 3.05) is 27.3 Å². The Kier molecular flexibility index (Phi) is 6.24. The van der Waals surface area contributed by atoms with Crippen molar-refractivity contribution in [2.24, 2.45) is 5.73 Å². The quantitative estimate of drug-likeness (QED) is 0.787. The summed E-state index contributed by atoms with van der Waals surface area (Å²) in [5, 5.41) is 3.06. The molecule has 1 aromatic carbocycles. The Morgan fingerprint density at radius 3 is 2.57 bits per heavy atom. The van der Waals surface area contributed by atoms with Gasteiger partial charge in [-0.1, -0.05) is 0 Å². The molecule has 0 aliphatic carbocycles. The van der Waals surface area contributed by atoms with Gasteiger partial charge < -0.3 is 20.5 Å². The minimum absolute atomic E-state index is 0.0369. The molecule has 128 valence electrons. The molecule has 1 heterocycles. The summed E-state index contributed by atoms with van der Waals surface area (Å²) in [4.78, 5) is 14.1. The Hall–Kier alpha value is -1.79. The predicted octanol–water partition coefficient (Wildman–Crippen LogP) is 1.13. The fourth-order valence-electron chi connectivity index (χ4n) is 2.89. The van der Waals surface area contributed by atoms with E-state index in [4.69, 9.17) is 15.2 Å². The molecule has 1 aliphatic rings. The number of carbonyl (C=O) groups excluding carboxylic acids is 1. The van der Waals surface area contributed by atoms with Gasteiger partial charge in [-0.3, -0.25) is 9.69 Å². The maximum absolute atomic E-state index is 11.8. The number of benzene rings is 1. The van der Waals surface area contributed by atoms with Gasteiger partial charge in [0.1, 0.15) is 11.5 Å². The first-order valence-electron chi connectivity index (χ1n) is 7.99. The maximum Gasteiger partial charge on any atom is 0.221 e. The fraction of sp³-hybridized carbons (Fsp3) is 0.588. The minimum atomic E-state index is -0.100. The Morgan fingerprint density at radius 1 is 1.35 bits per heavy atom. The van der Waals surface area contributed by atoms with Crippen LogP contribution >= 0.6 is 0 Å². The lowest BCUT2D eigenvalue weighted by Gasteiger charge is -2.18. The van der Waals surface area contributed by atoms with Crippen LogP contribution in [0.15, 0.2) is 18.2 Å². The summed E-state index contributed by atoms with van der Waals surface area (Å²) in [7, 11) is 3.30. The van der Waals surface area contributed by atoms with Gasteiger partial charge in [-0.05, 0) is 31.0 Å². The molecule has 1 fully saturated rings. The Bertz CT molecular complexity index is 512. The molecule has 3 N–H and O–H groups in total. The molecule has 1 aromatic rings. The number of likely N-dealkylation sites (tertiary alicyclic amines) is 1. The van der Waals surface area contributed by atoms with Gasteiger partial charge in [0, 0.05) is 44.2 Å². The highest BCUT2D eigenvalue weighted by Gasteiger charge is 2.24. The number of carbonyl (C=O) groups is 1. The SMILES string of the molecule is COc1cc(CN2CCC(NC(=O)CC(C)N)C2)cc(OC)c1. The van der Waals surface area contributed by atoms with E-state index >= 15 is 0 Å². The van der Waals surface area contributed by atoms with Crippen molar-refractivity contribution in [1.82, 2.24) is 10.2 Å². The van der Waals surface area contributed by atoms with E-state index in [2.05, 4.69) is 10.2 Å². The lowest BCUT2D eigenvalue weighted by molar-refractivity contribution is -0.121. The number of amides is 1. The second kappa shape index (κ2) is 8.17. The van der Waals surface area contributed by atoms with Crippen LogP contribution < -0.4 is 20.5 Å². The smallest absolute Gasteiger partial charge is 0.221 e. The molecule has 6 heteroatoms. The molecule has 23 heavy (non-hydrogen) atoms. The van der Waals surface area contributed by atoms with E-state index in [0.29, 0.717) is 6.42 Å². The third kappa shape index (κ3) is 5.41. The number of nitrogens with one attached hydrogen (secondary N) is 1. The van der Waals surface area contributed by atoms with Crippen molar-refractivity contribution >= 4 is 5.91 Å². The summed E-state index contributed by atoms with van der Waals surface area (Å²) in [6.45, 7) is 4.47. The van der Waals surface area contributed by atoms with Gasteiger partial charge in [0.2, 0.25) is 5.91 Å². The number of hydrogen-bond acceptors (Lipinski definition) is 5. The van der Waals surface area contributed by atoms with Gasteiger partial charge in [-0.15, -0.1) is 0 Å². The average Bonchev–Trinajstić information content (AvgIpc) is 2.92. The standard InChI is InChI=1S/C17H27N3O3/c1-12(18)6-17(21)19-14-4-5-20(11-14)10-13-7-15(22-2)9-16(8-13)23-3/h7-9,12,14H,4-6,10-11,18H2,1-3H3,(H,19,21). The number of hydrogen-bond donors (Lipinski definition) is 2. The van der Waals surface area contributed by atoms with Crippen LogP contribution in [0.3, 0.4) is 0 Å². The van der Waals surface area contributed by atoms with E-state index in [1.807, 2.05) is 25.1 Å². The van der Waals surface area contributed by atoms with E-state index in [9.17, 15) is 4.79 Å². The summed E-state index contributed by atoms with van der Waals surface area (Å²) in [6, 6.07) is 6.00. The highest BCUT2D eigenvalue weighted by molar-refractivity contribution is 5.76. The van der Waals surface area contributed by atoms with Gasteiger partial charge >= 0.3 is 0 Å². The minimum Gasteiger partial charge on any atom is -0.497 e. The molecule has 2 unspecified atom stereocenters. The van der Waals surface area contributed by atoms with Crippen molar-refractivity contribution in [3.63, 3.8) is 0 Å². The van der Waals surface area contributed by atoms with Crippen molar-refractivity contribution in [2.45, 2.75) is 38.4 Å². The maximum atomic E-state index is 11.8. The molecular weight excluding hydrogens is 294 g/mol. The molecule has 0 spiro atoms. The summed E-state index contributed by atoms with van der Waals surface area (Å²) in [5.41, 5.74) is 6.80. The molecular formula is C17H27N3O3. The second-order valence-electron chi connectivity index (χ2n) is 6.19. The average molecular weight is 321 g/mol. The molecule has 1 amide bonds. The Labute approximate surface area is 137 Å². The lowest BCUT2D eigenvalue weighted by Crippen LogP contribution is -2.39. The van der Waals surface area contributed by atoms with Crippen LogP contribution in [-0.2, 0) is 11.3 Å². The van der Waals surface area contributed by atoms with Crippen LogP contribution in [-0.4, -0.2) is 50.2 Å². The van der Waals surface area contributed by atoms with Crippen LogP contribution in [0.5, 0.6) is 11.5 Å². The topological polar surface area (TPSA) is 76.8 Å². The largest absolute Gasteiger partial charge is 0.497 e. The molecule has 0 aromatic heterocycles. The number of rotatable bonds is 7. The van der Waals surface area contributed by atoms with Crippen molar-refractivity contribution in [1.29, 1.82) is 0 Å². The van der Waals surface area contributed by atoms with Gasteiger partial charge in [0.25, 0.3) is 0 Å². The zero-order valence-electron chi connectivity index (χ0n) is 14.2. The Balaban J connectivity index is 1.89. The van der Waals surface area contributed by atoms with E-state index in [0.717, 1.165) is 43.1 Å². The molecule has 1 saturated heterocycles. The molecule has 0 bridgehead atoms. The van der Waals surface area contributed by atoms with Crippen molar-refractivity contribution in [3.05, 3.63) is 23.8 Å². The second-order valence-corrected chi connectivity index (χ2v) is 6.19. The Morgan fingerprint density at radius 2 is 2.00 bits per heavy atom. The van der Waals surface area contributed by atoms with Gasteiger partial charge in [-0.25, -0.2) is 0 Å². The predicted molar refractivity (Wildman–Crippen MR) is 89.6 cm³/mol. The molecule has 6 nitrogen and oxygen atoms in total. The number of methoxy groups -OCH3 is 2. The van der Waals surface area contributed by atoms with E-state index < -0.39 is 0 Å². The molecule has 0 radical (unpaired) electrons. The zero-order valence-corrected chi connectivity index (χ0v) is 14.2. The summed E-state index contributed by atoms with van der Waals surface area (Å²) in [5.74, 6) is 1.62. The third-order valence-corrected chi connectivity index (χ3v) is 3.96. The molecule has 0 saturated carbocycles. The first kappa shape index (κ1) is 17.6. The molecule has 2 rings (SSSR count). The summed E-state index contributed by atoms with van der Waals surface area (Å²) < 4.78 is 10.6. The normalized spacial score (nSPS) is 19.4. The molecule has 1 aliphatic heterocycles.